The molecule has 0 saturated carbocycles. The van der Waals surface area contributed by atoms with Crippen LogP contribution in [-0.2, 0) is 5.41 Å². The van der Waals surface area contributed by atoms with Gasteiger partial charge in [0.2, 0.25) is 0 Å². The summed E-state index contributed by atoms with van der Waals surface area (Å²) in [6.07, 6.45) is 4.90. The van der Waals surface area contributed by atoms with Crippen LogP contribution in [-0.4, -0.2) is 30.3 Å². The second kappa shape index (κ2) is 26.2. The Labute approximate surface area is 652 Å². The van der Waals surface area contributed by atoms with Gasteiger partial charge in [0.05, 0.1) is 92.4 Å². The van der Waals surface area contributed by atoms with Crippen molar-refractivity contribution in [1.82, 2.24) is 14.1 Å². The summed E-state index contributed by atoms with van der Waals surface area (Å²) in [4.78, 5) is 4.83. The number of pyridine rings is 1. The van der Waals surface area contributed by atoms with Crippen molar-refractivity contribution in [1.29, 1.82) is 0 Å². The topological polar surface area (TPSA) is 35.9 Å². The smallest absolute Gasteiger partial charge is 0.269 e. The van der Waals surface area contributed by atoms with E-state index in [4.69, 9.17) is 22.1 Å². The van der Waals surface area contributed by atoms with E-state index in [1.54, 1.807) is 24.4 Å². The van der Waals surface area contributed by atoms with Crippen molar-refractivity contribution in [3.05, 3.63) is 393 Å². The van der Waals surface area contributed by atoms with Crippen molar-refractivity contribution in [3.63, 3.8) is 0 Å². The molecule has 3 heterocycles. The number of nitrogens with zero attached hydrogens (tertiary/aromatic N) is 4. The lowest BCUT2D eigenvalue weighted by atomic mass is 9.88. The Bertz CT molecular complexity index is 7950. The number of hydrogen-bond acceptors (Lipinski definition) is 2. The molecule has 17 aromatic rings. The minimum absolute atomic E-state index is 0.106. The monoisotopic (exact) mass is 1370 g/mol. The molecule has 0 N–H and O–H groups in total. The number of imidazole rings is 1. The Balaban J connectivity index is 1.17. The lowest BCUT2D eigenvalue weighted by Gasteiger charge is -2.37. The van der Waals surface area contributed by atoms with Crippen LogP contribution in [0.4, 0.5) is 0 Å². The Kier molecular flexibility index (Phi) is 8.12. The Hall–Kier alpha value is -12.3. The van der Waals surface area contributed by atoms with E-state index in [9.17, 15) is 46.6 Å². The number of rotatable bonds is 16. The summed E-state index contributed by atoms with van der Waals surface area (Å²) in [6, 6.07) is -24.8. The third kappa shape index (κ3) is 11.1. The number of para-hydroxylation sites is 2. The number of fused-ring (bicyclic) bond motifs is 4. The lowest BCUT2D eigenvalue weighted by molar-refractivity contribution is -0.570. The second-order valence-corrected chi connectivity index (χ2v) is 31.1. The third-order valence-corrected chi connectivity index (χ3v) is 25.7. The zero-order chi connectivity index (χ0) is 105. The molecule has 0 radical (unpaired) electrons. The van der Waals surface area contributed by atoms with E-state index in [2.05, 4.69) is 6.33 Å². The summed E-state index contributed by atoms with van der Waals surface area (Å²) in [5.74, 6) is 0.518. The summed E-state index contributed by atoms with van der Waals surface area (Å²) in [5, 5.41) is -6.79. The zero-order valence-corrected chi connectivity index (χ0v) is 55.2. The van der Waals surface area contributed by atoms with Gasteiger partial charge in [0.15, 0.2) is 16.1 Å². The van der Waals surface area contributed by atoms with Crippen molar-refractivity contribution >= 4 is 90.5 Å². The summed E-state index contributed by atoms with van der Waals surface area (Å²) < 4.78 is 429. The van der Waals surface area contributed by atoms with E-state index >= 15 is 0 Å². The van der Waals surface area contributed by atoms with Crippen LogP contribution in [0.15, 0.2) is 381 Å². The fourth-order valence-corrected chi connectivity index (χ4v) is 20.7. The van der Waals surface area contributed by atoms with Crippen molar-refractivity contribution in [2.24, 2.45) is 0 Å². The first-order valence-corrected chi connectivity index (χ1v) is 35.2. The fraction of sp³-hybridized carbons (Fsp3) is 0.0426. The van der Waals surface area contributed by atoms with Gasteiger partial charge in [0, 0.05) is 23.0 Å². The van der Waals surface area contributed by atoms with E-state index in [1.165, 1.54) is 24.3 Å². The molecule has 0 aliphatic carbocycles. The minimum atomic E-state index is -6.89. The maximum atomic E-state index is 11.0. The van der Waals surface area contributed by atoms with Gasteiger partial charge in [0.25, 0.3) is 6.33 Å². The van der Waals surface area contributed by atoms with Gasteiger partial charge in [-0.05, 0) is 153 Å². The first-order chi connectivity index (χ1) is 67.6. The fourth-order valence-electron chi connectivity index (χ4n) is 12.9. The Morgan fingerprint density at radius 3 is 1.43 bits per heavy atom. The zero-order valence-electron chi connectivity index (χ0n) is 96.2. The van der Waals surface area contributed by atoms with Gasteiger partial charge in [-0.15, -0.1) is 0 Å². The van der Waals surface area contributed by atoms with Gasteiger partial charge in [-0.3, -0.25) is 13.7 Å². The first-order valence-electron chi connectivity index (χ1n) is 52.7. The Morgan fingerprint density at radius 2 is 0.881 bits per heavy atom. The molecule has 5 nitrogen and oxygen atoms in total. The molecule has 0 aliphatic heterocycles. The standard InChI is InChI=1S/C94H72N4OSi2/c1-94(2,3)73-58-59-95-92(63-73)98-87-52-29-28-50-85(87)86-56-54-76(65-89(86)98)99-75-37-30-36-74(64-75)96-67-97(88-57-55-83(66-90(88)96)100(77-38-16-6-17-39-77,78-40-18-7-19-41-78)79-42-20-8-21-43-79)93-84(72-61-70(68-32-12-4-13-33-68)60-71(62-72)69-34-14-5-15-35-69)51-31-53-91(93)101(80-44-22-9-23-45-80,81-46-24-10-25-47-81)82-48-26-11-27-49-82/h4-66H,1-3H3/i4D,5D,6D,7D,8D,9D,10D,11D,12D,13D,14D,15D,16D,17D,18D,19D,20D,21D,22D,23D,24D,25D,26D,27D,32D,33D,34D,35D,38D,39D,40D,41D,42D,43D,44D,45D,46D,47D,48D,49D,60D,61D,62D. The first kappa shape index (κ1) is 31.3. The molecule has 3 aromatic heterocycles. The van der Waals surface area contributed by atoms with Gasteiger partial charge in [-0.25, -0.2) is 4.98 Å². The maximum Gasteiger partial charge on any atom is 0.269 e. The van der Waals surface area contributed by atoms with Gasteiger partial charge < -0.3 is 4.74 Å². The van der Waals surface area contributed by atoms with Crippen molar-refractivity contribution in [2.75, 3.05) is 0 Å². The highest BCUT2D eigenvalue weighted by Crippen LogP contribution is 2.39. The van der Waals surface area contributed by atoms with Gasteiger partial charge in [-0.2, -0.15) is 0 Å². The van der Waals surface area contributed by atoms with Crippen LogP contribution in [0.25, 0.3) is 83.4 Å². The predicted molar refractivity (Wildman–Crippen MR) is 425 cm³/mol. The Morgan fingerprint density at radius 1 is 0.396 bits per heavy atom. The molecule has 0 saturated heterocycles. The highest BCUT2D eigenvalue weighted by molar-refractivity contribution is 7.20. The van der Waals surface area contributed by atoms with E-state index in [-0.39, 0.29) is 22.6 Å². The van der Waals surface area contributed by atoms with Gasteiger partial charge in [-0.1, -0.05) is 323 Å². The maximum absolute atomic E-state index is 11.0. The van der Waals surface area contributed by atoms with Crippen molar-refractivity contribution in [2.45, 2.75) is 26.2 Å². The van der Waals surface area contributed by atoms with Crippen LogP contribution in [0, 0.1) is 6.33 Å². The number of benzene rings is 14. The van der Waals surface area contributed by atoms with E-state index in [0.29, 0.717) is 11.3 Å². The molecule has 0 amide bonds. The quantitative estimate of drug-likeness (QED) is 0.0418. The molecule has 0 atom stereocenters. The van der Waals surface area contributed by atoms with Crippen LogP contribution >= 0.6 is 0 Å². The molecular formula is C94H72N4OSi2. The molecule has 14 aromatic carbocycles. The molecule has 17 rings (SSSR count). The second-order valence-electron chi connectivity index (χ2n) is 24.0. The number of ether oxygens (including phenoxy) is 1. The third-order valence-electron chi connectivity index (χ3n) is 17.3. The lowest BCUT2D eigenvalue weighted by Crippen LogP contribution is -2.76. The van der Waals surface area contributed by atoms with Gasteiger partial charge in [0.1, 0.15) is 17.3 Å². The molecule has 0 spiro atoms. The van der Waals surface area contributed by atoms with E-state index < -0.39 is 368 Å². The SMILES string of the molecule is [2H]c1c([2H])c([2H])c(-c2c([2H])c(-c3cccc([Si](c4c([2H])c([2H])c([2H])c([2H])c4[2H])(c4c([2H])c([2H])c([2H])c([2H])c4[2H])c4c([2H])c([2H])c([2H])c([2H])c4[2H])c3-[n+]3[c-]n(-c4cccc(Oc5ccc6c7ccccc7n(-c7cc(C(C)(C)C)ccn7)c6c5)c4)c4cc([Si](c5c([2H])c([2H])c([2H])c([2H])c5[2H])(c5c([2H])c([2H])c([2H])c([2H])c5[2H])c5c([2H])c([2H])c([2H])c([2H])c5[2H])ccc43)c([2H])c(-c3c([2H])c([2H])c([2H])c([2H])c3[2H])c2[2H])c([2H])c1[2H]. The van der Waals surface area contributed by atoms with Crippen molar-refractivity contribution < 1.29 is 68.2 Å². The van der Waals surface area contributed by atoms with Gasteiger partial charge >= 0.3 is 0 Å². The van der Waals surface area contributed by atoms with E-state index in [0.717, 1.165) is 67.4 Å². The van der Waals surface area contributed by atoms with Crippen LogP contribution in [0.2, 0.25) is 0 Å². The normalized spacial score (nSPS) is 17.9. The molecule has 0 fully saturated rings. The average molecular weight is 1370 g/mol. The van der Waals surface area contributed by atoms with E-state index in [1.807, 2.05) is 61.7 Å². The molecule has 0 unspecified atom stereocenters. The molecule has 0 aliphatic rings. The molecule has 0 bridgehead atoms. The van der Waals surface area contributed by atoms with Crippen LogP contribution in [0.3, 0.4) is 0 Å². The summed E-state index contributed by atoms with van der Waals surface area (Å²) in [5.41, 5.74) is -6.77. The molecular weight excluding hydrogens is 1260 g/mol. The number of aromatic nitrogens is 4. The average Bonchev–Trinajstić information content (AvgIpc) is 0.937. The summed E-state index contributed by atoms with van der Waals surface area (Å²) >= 11 is 0. The molecule has 7 heteroatoms. The van der Waals surface area contributed by atoms with Crippen molar-refractivity contribution in [3.8, 4) is 62.1 Å². The highest BCUT2D eigenvalue weighted by atomic mass is 28.3. The number of hydrogen-bond donors (Lipinski definition) is 0. The predicted octanol–water partition coefficient (Wildman–Crippen LogP) is 17.0. The van der Waals surface area contributed by atoms with Crippen LogP contribution < -0.4 is 50.8 Å². The minimum Gasteiger partial charge on any atom is -0.458 e. The molecule has 482 valence electrons. The molecule has 101 heavy (non-hydrogen) atoms. The summed E-state index contributed by atoms with van der Waals surface area (Å²) in [6.45, 7) is 6.09. The largest absolute Gasteiger partial charge is 0.458 e. The van der Waals surface area contributed by atoms with Crippen LogP contribution in [0.1, 0.15) is 85.3 Å². The highest BCUT2D eigenvalue weighted by Gasteiger charge is 2.45. The summed E-state index contributed by atoms with van der Waals surface area (Å²) in [7, 11) is -13.3. The van der Waals surface area contributed by atoms with Crippen LogP contribution in [0.5, 0.6) is 11.5 Å².